The Hall–Kier alpha value is -2.74. The van der Waals surface area contributed by atoms with Crippen LogP contribution < -0.4 is 10.1 Å². The fraction of sp³-hybridized carbons (Fsp3) is 0.235. The maximum Gasteiger partial charge on any atom is 0.230 e. The standard InChI is InChI=1S/C17H16FN3O3S/c1-9-12(10(2)24-21-9)7-16(22)20-17-19-14(8-25-17)13-6-11(18)4-5-15(13)23-3/h4-6,8H,7H2,1-3H3,(H,19,20,22). The van der Waals surface area contributed by atoms with E-state index in [1.54, 1.807) is 25.3 Å². The number of halogens is 1. The third kappa shape index (κ3) is 3.69. The molecule has 3 aromatic rings. The second-order valence-corrected chi connectivity index (χ2v) is 6.27. The molecule has 0 aliphatic rings. The third-order valence-electron chi connectivity index (χ3n) is 3.71. The summed E-state index contributed by atoms with van der Waals surface area (Å²) in [6, 6.07) is 4.21. The quantitative estimate of drug-likeness (QED) is 0.749. The molecule has 1 aromatic carbocycles. The normalized spacial score (nSPS) is 10.7. The van der Waals surface area contributed by atoms with E-state index in [1.807, 2.05) is 0 Å². The molecule has 0 aliphatic heterocycles. The van der Waals surface area contributed by atoms with E-state index in [-0.39, 0.29) is 18.1 Å². The SMILES string of the molecule is COc1ccc(F)cc1-c1csc(NC(=O)Cc2c(C)noc2C)n1. The molecule has 0 radical (unpaired) electrons. The number of benzene rings is 1. The van der Waals surface area contributed by atoms with Gasteiger partial charge in [-0.1, -0.05) is 5.16 Å². The van der Waals surface area contributed by atoms with Gasteiger partial charge in [0, 0.05) is 16.5 Å². The smallest absolute Gasteiger partial charge is 0.230 e. The van der Waals surface area contributed by atoms with Crippen molar-refractivity contribution in [2.45, 2.75) is 20.3 Å². The molecule has 0 spiro atoms. The summed E-state index contributed by atoms with van der Waals surface area (Å²) in [7, 11) is 1.51. The van der Waals surface area contributed by atoms with Gasteiger partial charge in [0.15, 0.2) is 5.13 Å². The van der Waals surface area contributed by atoms with Crippen LogP contribution in [0.4, 0.5) is 9.52 Å². The Morgan fingerprint density at radius 1 is 1.40 bits per heavy atom. The zero-order valence-corrected chi connectivity index (χ0v) is 14.7. The number of nitrogens with zero attached hydrogens (tertiary/aromatic N) is 2. The first-order valence-corrected chi connectivity index (χ1v) is 8.37. The molecule has 0 aliphatic carbocycles. The van der Waals surface area contributed by atoms with Crippen molar-refractivity contribution < 1.29 is 18.4 Å². The topological polar surface area (TPSA) is 77.2 Å². The van der Waals surface area contributed by atoms with Gasteiger partial charge < -0.3 is 14.6 Å². The van der Waals surface area contributed by atoms with Gasteiger partial charge in [-0.25, -0.2) is 9.37 Å². The highest BCUT2D eigenvalue weighted by molar-refractivity contribution is 7.14. The Kier molecular flexibility index (Phi) is 4.80. The number of hydrogen-bond acceptors (Lipinski definition) is 6. The Morgan fingerprint density at radius 3 is 2.88 bits per heavy atom. The largest absolute Gasteiger partial charge is 0.496 e. The van der Waals surface area contributed by atoms with Crippen LogP contribution in [0.1, 0.15) is 17.0 Å². The maximum atomic E-state index is 13.5. The van der Waals surface area contributed by atoms with Gasteiger partial charge in [-0.2, -0.15) is 0 Å². The highest BCUT2D eigenvalue weighted by Gasteiger charge is 2.16. The van der Waals surface area contributed by atoms with E-state index in [4.69, 9.17) is 9.26 Å². The average Bonchev–Trinajstić information content (AvgIpc) is 3.16. The first-order chi connectivity index (χ1) is 12.0. The van der Waals surface area contributed by atoms with Gasteiger partial charge in [0.1, 0.15) is 17.3 Å². The summed E-state index contributed by atoms with van der Waals surface area (Å²) in [6.45, 7) is 3.55. The Bertz CT molecular complexity index is 900. The summed E-state index contributed by atoms with van der Waals surface area (Å²) in [4.78, 5) is 16.6. The van der Waals surface area contributed by atoms with Crippen LogP contribution in [0.5, 0.6) is 5.75 Å². The van der Waals surface area contributed by atoms with Crippen LogP contribution in [0.3, 0.4) is 0 Å². The molecule has 0 atom stereocenters. The molecule has 25 heavy (non-hydrogen) atoms. The molecule has 0 saturated carbocycles. The van der Waals surface area contributed by atoms with Crippen molar-refractivity contribution in [3.63, 3.8) is 0 Å². The Labute approximate surface area is 147 Å². The average molecular weight is 361 g/mol. The van der Waals surface area contributed by atoms with Gasteiger partial charge in [-0.3, -0.25) is 4.79 Å². The number of aryl methyl sites for hydroxylation is 2. The highest BCUT2D eigenvalue weighted by Crippen LogP contribution is 2.32. The van der Waals surface area contributed by atoms with Gasteiger partial charge in [-0.15, -0.1) is 11.3 Å². The first kappa shape index (κ1) is 17.1. The van der Waals surface area contributed by atoms with Crippen molar-refractivity contribution in [3.05, 3.63) is 46.4 Å². The molecule has 2 heterocycles. The third-order valence-corrected chi connectivity index (χ3v) is 4.46. The predicted octanol–water partition coefficient (Wildman–Crippen LogP) is 3.74. The minimum Gasteiger partial charge on any atom is -0.496 e. The van der Waals surface area contributed by atoms with E-state index in [0.29, 0.717) is 33.6 Å². The molecule has 0 unspecified atom stereocenters. The zero-order valence-electron chi connectivity index (χ0n) is 13.9. The molecular weight excluding hydrogens is 345 g/mol. The van der Waals surface area contributed by atoms with Gasteiger partial charge in [-0.05, 0) is 32.0 Å². The molecule has 8 heteroatoms. The van der Waals surface area contributed by atoms with Crippen LogP contribution in [0.2, 0.25) is 0 Å². The number of rotatable bonds is 5. The first-order valence-electron chi connectivity index (χ1n) is 7.49. The number of nitrogens with one attached hydrogen (secondary N) is 1. The van der Waals surface area contributed by atoms with Crippen molar-refractivity contribution >= 4 is 22.4 Å². The fourth-order valence-corrected chi connectivity index (χ4v) is 3.14. The van der Waals surface area contributed by atoms with Crippen LogP contribution in [0.15, 0.2) is 28.1 Å². The second kappa shape index (κ2) is 7.02. The lowest BCUT2D eigenvalue weighted by molar-refractivity contribution is -0.115. The number of amides is 1. The van der Waals surface area contributed by atoms with Gasteiger partial charge >= 0.3 is 0 Å². The van der Waals surface area contributed by atoms with Crippen molar-refractivity contribution in [1.82, 2.24) is 10.1 Å². The van der Waals surface area contributed by atoms with E-state index in [1.165, 1.54) is 30.6 Å². The van der Waals surface area contributed by atoms with Crippen molar-refractivity contribution in [1.29, 1.82) is 0 Å². The summed E-state index contributed by atoms with van der Waals surface area (Å²) < 4.78 is 23.8. The van der Waals surface area contributed by atoms with E-state index >= 15 is 0 Å². The number of hydrogen-bond donors (Lipinski definition) is 1. The number of carbonyl (C=O) groups excluding carboxylic acids is 1. The lowest BCUT2D eigenvalue weighted by Crippen LogP contribution is -2.15. The van der Waals surface area contributed by atoms with Gasteiger partial charge in [0.25, 0.3) is 0 Å². The summed E-state index contributed by atoms with van der Waals surface area (Å²) >= 11 is 1.26. The molecule has 130 valence electrons. The van der Waals surface area contributed by atoms with Crippen LogP contribution in [0.25, 0.3) is 11.3 Å². The fourth-order valence-electron chi connectivity index (χ4n) is 2.41. The minimum atomic E-state index is -0.382. The van der Waals surface area contributed by atoms with Crippen molar-refractivity contribution in [2.75, 3.05) is 12.4 Å². The summed E-state index contributed by atoms with van der Waals surface area (Å²) in [6.07, 6.45) is 0.152. The Balaban J connectivity index is 1.76. The zero-order chi connectivity index (χ0) is 18.0. The van der Waals surface area contributed by atoms with Gasteiger partial charge in [0.05, 0.1) is 24.9 Å². The van der Waals surface area contributed by atoms with Crippen molar-refractivity contribution in [3.8, 4) is 17.0 Å². The highest BCUT2D eigenvalue weighted by atomic mass is 32.1. The molecule has 0 saturated heterocycles. The second-order valence-electron chi connectivity index (χ2n) is 5.41. The molecule has 1 amide bonds. The number of thiazole rings is 1. The number of carbonyl (C=O) groups is 1. The molecule has 0 fully saturated rings. The van der Waals surface area contributed by atoms with E-state index in [9.17, 15) is 9.18 Å². The van der Waals surface area contributed by atoms with Crippen molar-refractivity contribution in [2.24, 2.45) is 0 Å². The van der Waals surface area contributed by atoms with Crippen LogP contribution in [-0.4, -0.2) is 23.2 Å². The molecule has 0 bridgehead atoms. The monoisotopic (exact) mass is 361 g/mol. The number of ether oxygens (including phenoxy) is 1. The maximum absolute atomic E-state index is 13.5. The lowest BCUT2D eigenvalue weighted by Gasteiger charge is -2.06. The van der Waals surface area contributed by atoms with E-state index in [2.05, 4.69) is 15.5 Å². The van der Waals surface area contributed by atoms with E-state index in [0.717, 1.165) is 5.56 Å². The van der Waals surface area contributed by atoms with Gasteiger partial charge in [0.2, 0.25) is 5.91 Å². The number of aromatic nitrogens is 2. The lowest BCUT2D eigenvalue weighted by atomic mass is 10.1. The molecule has 1 N–H and O–H groups in total. The summed E-state index contributed by atoms with van der Waals surface area (Å²) in [5, 5.41) is 8.74. The molecule has 2 aromatic heterocycles. The van der Waals surface area contributed by atoms with Crippen LogP contribution >= 0.6 is 11.3 Å². The van der Waals surface area contributed by atoms with Crippen LogP contribution in [-0.2, 0) is 11.2 Å². The molecule has 6 nitrogen and oxygen atoms in total. The molecule has 3 rings (SSSR count). The number of anilines is 1. The minimum absolute atomic E-state index is 0.152. The predicted molar refractivity (Wildman–Crippen MR) is 92.4 cm³/mol. The summed E-state index contributed by atoms with van der Waals surface area (Å²) in [5.41, 5.74) is 2.53. The summed E-state index contributed by atoms with van der Waals surface area (Å²) in [5.74, 6) is 0.534. The van der Waals surface area contributed by atoms with E-state index < -0.39 is 0 Å². The van der Waals surface area contributed by atoms with Crippen LogP contribution in [0, 0.1) is 19.7 Å². The Morgan fingerprint density at radius 2 is 2.20 bits per heavy atom. The molecular formula is C17H16FN3O3S. The number of methoxy groups -OCH3 is 1.